The number of esters is 2. The van der Waals surface area contributed by atoms with Crippen LogP contribution in [-0.4, -0.2) is 75.6 Å². The Hall–Kier alpha value is -2.20. The number of nitrogens with zero attached hydrogens (tertiary/aromatic N) is 2. The smallest absolute Gasteiger partial charge is 1.00 e. The van der Waals surface area contributed by atoms with Crippen molar-refractivity contribution in [3.05, 3.63) is 200 Å². The Morgan fingerprint density at radius 2 is 0.795 bits per heavy atom. The van der Waals surface area contributed by atoms with E-state index in [0.29, 0.717) is 52.8 Å². The normalized spacial score (nSPS) is 10.1. The molecule has 0 aromatic heterocycles. The number of carbonyl (C=O) groups excluding carboxylic acids is 4. The zero-order chi connectivity index (χ0) is 63.3. The molecular weight excluding hydrogens is 1510 g/mol. The van der Waals surface area contributed by atoms with E-state index in [-0.39, 0.29) is 189 Å². The number of hydrogen-bond donors (Lipinski definition) is 1. The molecule has 0 saturated heterocycles. The summed E-state index contributed by atoms with van der Waals surface area (Å²) in [4.78, 5) is 69.6. The van der Waals surface area contributed by atoms with E-state index >= 15 is 0 Å². The minimum absolute atomic E-state index is 0. The van der Waals surface area contributed by atoms with Gasteiger partial charge in [0.15, 0.2) is 0 Å². The second-order valence-corrected chi connectivity index (χ2v) is 21.7. The van der Waals surface area contributed by atoms with Crippen LogP contribution in [0.15, 0.2) is 146 Å². The monoisotopic (exact) mass is 1570 g/mol. The number of hydrogen-bond acceptors (Lipinski definition) is 14. The van der Waals surface area contributed by atoms with Crippen LogP contribution < -0.4 is 143 Å². The van der Waals surface area contributed by atoms with Crippen molar-refractivity contribution in [3.63, 3.8) is 0 Å². The molecule has 0 aliphatic rings. The predicted octanol–water partition coefficient (Wildman–Crippen LogP) is 4.19. The fourth-order valence-corrected chi connectivity index (χ4v) is 8.23. The summed E-state index contributed by atoms with van der Waals surface area (Å²) in [5, 5.41) is 45.5. The summed E-state index contributed by atoms with van der Waals surface area (Å²) in [6, 6.07) is 41.8. The first kappa shape index (κ1) is 92.2. The fourth-order valence-electron chi connectivity index (χ4n) is 7.04. The van der Waals surface area contributed by atoms with Crippen molar-refractivity contribution in [2.75, 3.05) is 35.8 Å². The molecular formula is C61H70AgBr3F3K2N2NaO15-. The van der Waals surface area contributed by atoms with Crippen molar-refractivity contribution in [1.82, 2.24) is 0 Å². The number of unbranched alkanes of at least 4 members (excludes halogenated alkanes) is 3. The van der Waals surface area contributed by atoms with E-state index in [4.69, 9.17) is 34.8 Å². The van der Waals surface area contributed by atoms with E-state index < -0.39 is 50.0 Å². The molecule has 6 aromatic rings. The molecule has 0 fully saturated rings. The van der Waals surface area contributed by atoms with Crippen LogP contribution in [0.2, 0.25) is 0 Å². The van der Waals surface area contributed by atoms with E-state index in [0.717, 1.165) is 45.5 Å². The Morgan fingerprint density at radius 3 is 1.05 bits per heavy atom. The fraction of sp³-hybridized carbons (Fsp3) is 0.344. The third-order valence-corrected chi connectivity index (χ3v) is 13.8. The molecule has 1 radical (unpaired) electrons. The summed E-state index contributed by atoms with van der Waals surface area (Å²) in [5.74, 6) is -3.21. The number of benzene rings is 6. The number of rotatable bonds is 23. The van der Waals surface area contributed by atoms with E-state index in [1.807, 2.05) is 91.0 Å². The maximum atomic E-state index is 14.6. The van der Waals surface area contributed by atoms with Gasteiger partial charge in [-0.05, 0) is 118 Å². The largest absolute Gasteiger partial charge is 1.00 e. The van der Waals surface area contributed by atoms with Gasteiger partial charge in [-0.15, -0.1) is 20.2 Å². The third-order valence-electron chi connectivity index (χ3n) is 12.1. The van der Waals surface area contributed by atoms with Crippen molar-refractivity contribution in [3.8, 4) is 33.4 Å². The SMILES string of the molecule is BrCCCCBr.CC(C)(C(=O)OCCCCBr)c1ccc(-c2ccccc2)c(F)c1.CC(C)(C(=O)OCCCCO[N+](=O)[O-])c1ccc(-c2ccccc2)c(F)c1.CC(C)(C(=O)[O-])c1ccc(-c2ccccc2)c(F)c1.O=CO[O-].O=[N+]([O-])O.[Ag].[H-].[H-].[K+].[K+].[Na+]. The number of ether oxygens (including phenoxy) is 2. The van der Waals surface area contributed by atoms with Crippen molar-refractivity contribution in [2.24, 2.45) is 0 Å². The van der Waals surface area contributed by atoms with E-state index in [1.165, 1.54) is 44.9 Å². The van der Waals surface area contributed by atoms with Crippen molar-refractivity contribution < 1.29 is 235 Å². The maximum absolute atomic E-state index is 14.6. The first-order valence-electron chi connectivity index (χ1n) is 25.9. The summed E-state index contributed by atoms with van der Waals surface area (Å²) in [5.41, 5.74) is 2.20. The number of alkyl halides is 3. The minimum atomic E-state index is -1.50. The van der Waals surface area contributed by atoms with E-state index in [9.17, 15) is 42.8 Å². The van der Waals surface area contributed by atoms with Crippen LogP contribution in [0, 0.1) is 37.7 Å². The Morgan fingerprint density at radius 1 is 0.534 bits per heavy atom. The average Bonchev–Trinajstić information content (AvgIpc) is 0.938. The Balaban J connectivity index is -0.000000259. The summed E-state index contributed by atoms with van der Waals surface area (Å²) in [7, 11) is 0. The molecule has 0 saturated carbocycles. The van der Waals surface area contributed by atoms with Gasteiger partial charge in [-0.2, -0.15) is 0 Å². The van der Waals surface area contributed by atoms with Crippen LogP contribution >= 0.6 is 47.8 Å². The minimum Gasteiger partial charge on any atom is -1.00 e. The maximum Gasteiger partial charge on any atom is 1.00 e. The Kier molecular flexibility index (Phi) is 53.7. The van der Waals surface area contributed by atoms with E-state index in [1.54, 1.807) is 64.1 Å². The molecule has 0 amide bonds. The molecule has 6 rings (SSSR count). The topological polar surface area (TPSA) is 258 Å². The summed E-state index contributed by atoms with van der Waals surface area (Å²) < 4.78 is 53.8. The van der Waals surface area contributed by atoms with Crippen LogP contribution in [0.3, 0.4) is 0 Å². The van der Waals surface area contributed by atoms with Crippen molar-refractivity contribution in [1.29, 1.82) is 0 Å². The average molecular weight is 1580 g/mol. The van der Waals surface area contributed by atoms with Gasteiger partial charge in [-0.3, -0.25) is 14.4 Å². The van der Waals surface area contributed by atoms with Crippen LogP contribution in [0.4, 0.5) is 13.2 Å². The standard InChI is InChI=1S/C20H22BrFO2.C20H22FNO5.C16H15FO2.C4H8Br2.CH2O3.Ag.2K.HNO3.Na.2H/c1-20(2,19(23)24-13-7-6-12-21)16-10-11-17(18(22)14-16)15-8-4-3-5-9-15;1-20(2,19(23)26-12-6-7-13-27-22(24)25)16-10-11-17(18(21)14-16)15-8-4-3-5-9-15;1-16(2,15(18)19)12-8-9-13(14(17)10-12)11-6-4-3-5-7-11;5-3-1-2-4-6;2-1-4-3;;;;2-1(3)4;;;/h3-5,8-11,14H,6-7,12-13H2,1-2H3;3-5,8-11,14H,6-7,12-13H2,1-2H3;3-10H,1-2H3,(H,18,19);1-4H2;1,3H;;;;(H,2,3,4);;;/q;;;;;;2*+1;;+1;2*-1/p-2. The molecule has 1 N–H and O–H groups in total. The number of halogens is 6. The summed E-state index contributed by atoms with van der Waals surface area (Å²) in [6.45, 7) is 10.1. The second kappa shape index (κ2) is 51.2. The van der Waals surface area contributed by atoms with Gasteiger partial charge in [0.1, 0.15) is 17.5 Å². The van der Waals surface area contributed by atoms with Crippen LogP contribution in [-0.2, 0) is 77.0 Å². The Bertz CT molecular complexity index is 2980. The third kappa shape index (κ3) is 35.2. The van der Waals surface area contributed by atoms with Gasteiger partial charge in [0.25, 0.3) is 16.6 Å². The van der Waals surface area contributed by atoms with Crippen LogP contribution in [0.1, 0.15) is 99.6 Å². The van der Waals surface area contributed by atoms with Gasteiger partial charge in [0.2, 0.25) is 0 Å². The molecule has 0 aliphatic carbocycles. The van der Waals surface area contributed by atoms with Crippen molar-refractivity contribution in [2.45, 2.75) is 96.3 Å². The molecule has 0 aliphatic heterocycles. The second-order valence-electron chi connectivity index (χ2n) is 19.3. The molecule has 6 aromatic carbocycles. The van der Waals surface area contributed by atoms with Crippen molar-refractivity contribution >= 4 is 72.2 Å². The number of aliphatic carboxylic acids is 1. The quantitative estimate of drug-likeness (QED) is 0.0138. The molecule has 0 unspecified atom stereocenters. The molecule has 27 heteroatoms. The zero-order valence-corrected chi connectivity index (χ0v) is 65.0. The summed E-state index contributed by atoms with van der Waals surface area (Å²) in [6.07, 6.45) is 5.17. The zero-order valence-electron chi connectivity index (χ0n) is 52.5. The van der Waals surface area contributed by atoms with Gasteiger partial charge in [-0.1, -0.05) is 189 Å². The van der Waals surface area contributed by atoms with E-state index in [2.05, 4.69) is 57.5 Å². The first-order valence-corrected chi connectivity index (χ1v) is 29.3. The summed E-state index contributed by atoms with van der Waals surface area (Å²) >= 11 is 10.0. The molecule has 0 bridgehead atoms. The molecule has 471 valence electrons. The Labute approximate surface area is 662 Å². The number of carboxylic acids is 1. The number of carboxylic acid groups (broad SMARTS) is 1. The van der Waals surface area contributed by atoms with Gasteiger partial charge in [-0.25, -0.2) is 13.2 Å². The molecule has 0 atom stereocenters. The van der Waals surface area contributed by atoms with Gasteiger partial charge < -0.3 is 42.4 Å². The van der Waals surface area contributed by atoms with Crippen LogP contribution in [0.25, 0.3) is 33.4 Å². The van der Waals surface area contributed by atoms with Gasteiger partial charge in [0.05, 0.1) is 36.6 Å². The van der Waals surface area contributed by atoms with Gasteiger partial charge >= 0.3 is 144 Å². The first-order chi connectivity index (χ1) is 39.8. The molecule has 17 nitrogen and oxygen atoms in total. The molecule has 88 heavy (non-hydrogen) atoms. The molecule has 0 heterocycles. The van der Waals surface area contributed by atoms with Gasteiger partial charge in [0, 0.05) is 60.5 Å². The molecule has 0 spiro atoms. The number of carbonyl (C=O) groups is 4. The van der Waals surface area contributed by atoms with Crippen LogP contribution in [0.5, 0.6) is 0 Å². The predicted molar refractivity (Wildman–Crippen MR) is 322 cm³/mol.